The Morgan fingerprint density at radius 1 is 1.04 bits per heavy atom. The Hall–Kier alpha value is -2.78. The number of pyridine rings is 1. The highest BCUT2D eigenvalue weighted by Gasteiger charge is 2.37. The molecule has 0 saturated carbocycles. The lowest BCUT2D eigenvalue weighted by Gasteiger charge is -2.15. The zero-order valence-corrected chi connectivity index (χ0v) is 12.1. The number of hydrogen-bond acceptors (Lipinski definition) is 3. The van der Waals surface area contributed by atoms with Crippen LogP contribution in [0.1, 0.15) is 11.3 Å². The Balaban J connectivity index is 2.56. The third kappa shape index (κ3) is 4.85. The van der Waals surface area contributed by atoms with E-state index in [1.807, 2.05) is 0 Å². The van der Waals surface area contributed by atoms with Crippen LogP contribution >= 0.6 is 0 Å². The third-order valence-corrected chi connectivity index (χ3v) is 2.98. The second kappa shape index (κ2) is 6.61. The molecule has 0 spiro atoms. The summed E-state index contributed by atoms with van der Waals surface area (Å²) in [6.45, 7) is 0. The molecule has 0 aliphatic carbocycles. The van der Waals surface area contributed by atoms with Gasteiger partial charge in [-0.1, -0.05) is 18.2 Å². The lowest BCUT2D eigenvalue weighted by Crippen LogP contribution is -2.18. The van der Waals surface area contributed by atoms with Gasteiger partial charge in [0.1, 0.15) is 11.4 Å². The first-order valence-electron chi connectivity index (χ1n) is 6.61. The number of halogens is 6. The number of aromatic nitrogens is 1. The standard InChI is InChI=1S/C15H9F6NO3/c16-14(17,18)13-8(7-12(23)24)5-6-10(22-13)9-3-1-2-4-11(9)25-15(19,20)21/h1-6H,7H2,(H,23,24). The van der Waals surface area contributed by atoms with Gasteiger partial charge in [0.05, 0.1) is 12.1 Å². The number of carboxylic acids is 1. The van der Waals surface area contributed by atoms with Crippen LogP contribution in [0.5, 0.6) is 5.75 Å². The number of alkyl halides is 6. The molecular weight excluding hydrogens is 356 g/mol. The number of carbonyl (C=O) groups is 1. The highest BCUT2D eigenvalue weighted by Crippen LogP contribution is 2.36. The number of aliphatic carboxylic acids is 1. The minimum Gasteiger partial charge on any atom is -0.481 e. The zero-order chi connectivity index (χ0) is 18.8. The van der Waals surface area contributed by atoms with E-state index in [1.54, 1.807) is 0 Å². The van der Waals surface area contributed by atoms with Crippen molar-refractivity contribution in [2.24, 2.45) is 0 Å². The Morgan fingerprint density at radius 2 is 1.68 bits per heavy atom. The molecule has 1 aromatic carbocycles. The summed E-state index contributed by atoms with van der Waals surface area (Å²) < 4.78 is 80.4. The molecule has 0 unspecified atom stereocenters. The fraction of sp³-hybridized carbons (Fsp3) is 0.200. The maximum absolute atomic E-state index is 13.1. The molecule has 0 fully saturated rings. The number of rotatable bonds is 4. The predicted octanol–water partition coefficient (Wildman–Crippen LogP) is 4.29. The van der Waals surface area contributed by atoms with Crippen LogP contribution < -0.4 is 4.74 Å². The molecule has 0 aliphatic heterocycles. The van der Waals surface area contributed by atoms with Gasteiger partial charge >= 0.3 is 18.5 Å². The van der Waals surface area contributed by atoms with E-state index in [1.165, 1.54) is 12.1 Å². The van der Waals surface area contributed by atoms with E-state index in [0.717, 1.165) is 24.3 Å². The topological polar surface area (TPSA) is 59.4 Å². The van der Waals surface area contributed by atoms with Crippen molar-refractivity contribution in [2.45, 2.75) is 19.0 Å². The van der Waals surface area contributed by atoms with Gasteiger partial charge in [-0.15, -0.1) is 13.2 Å². The van der Waals surface area contributed by atoms with E-state index in [9.17, 15) is 31.1 Å². The summed E-state index contributed by atoms with van der Waals surface area (Å²) in [5, 5.41) is 8.68. The van der Waals surface area contributed by atoms with Gasteiger partial charge in [-0.25, -0.2) is 4.98 Å². The smallest absolute Gasteiger partial charge is 0.481 e. The molecule has 134 valence electrons. The molecule has 0 saturated heterocycles. The van der Waals surface area contributed by atoms with E-state index in [-0.39, 0.29) is 5.56 Å². The average molecular weight is 365 g/mol. The maximum Gasteiger partial charge on any atom is 0.573 e. The maximum atomic E-state index is 13.1. The molecule has 2 rings (SSSR count). The normalized spacial score (nSPS) is 12.1. The Labute approximate surface area is 136 Å². The van der Waals surface area contributed by atoms with Crippen molar-refractivity contribution in [3.8, 4) is 17.0 Å². The Bertz CT molecular complexity index is 786. The van der Waals surface area contributed by atoms with Crippen molar-refractivity contribution < 1.29 is 41.0 Å². The number of para-hydroxylation sites is 1. The van der Waals surface area contributed by atoms with Gasteiger partial charge in [-0.05, 0) is 23.8 Å². The summed E-state index contributed by atoms with van der Waals surface area (Å²) in [6, 6.07) is 6.44. The highest BCUT2D eigenvalue weighted by molar-refractivity contribution is 5.72. The minimum atomic E-state index is -5.04. The van der Waals surface area contributed by atoms with Crippen molar-refractivity contribution in [2.75, 3.05) is 0 Å². The molecule has 1 N–H and O–H groups in total. The van der Waals surface area contributed by atoms with Gasteiger partial charge in [-0.2, -0.15) is 13.2 Å². The summed E-state index contributed by atoms with van der Waals surface area (Å²) in [5.41, 5.74) is -2.82. The molecule has 25 heavy (non-hydrogen) atoms. The minimum absolute atomic E-state index is 0.313. The van der Waals surface area contributed by atoms with Crippen molar-refractivity contribution >= 4 is 5.97 Å². The largest absolute Gasteiger partial charge is 0.573 e. The van der Waals surface area contributed by atoms with Crippen LogP contribution in [0.15, 0.2) is 36.4 Å². The summed E-state index contributed by atoms with van der Waals surface area (Å²) in [5.74, 6) is -2.22. The van der Waals surface area contributed by atoms with Crippen molar-refractivity contribution in [1.82, 2.24) is 4.98 Å². The molecule has 0 amide bonds. The first-order valence-corrected chi connectivity index (χ1v) is 6.61. The lowest BCUT2D eigenvalue weighted by molar-refractivity contribution is -0.274. The molecular formula is C15H9F6NO3. The summed E-state index contributed by atoms with van der Waals surface area (Å²) >= 11 is 0. The van der Waals surface area contributed by atoms with Gasteiger partial charge in [0.15, 0.2) is 0 Å². The summed E-state index contributed by atoms with van der Waals surface area (Å²) in [7, 11) is 0. The van der Waals surface area contributed by atoms with Crippen molar-refractivity contribution in [3.63, 3.8) is 0 Å². The molecule has 4 nitrogen and oxygen atoms in total. The molecule has 10 heteroatoms. The fourth-order valence-electron chi connectivity index (χ4n) is 2.08. The van der Waals surface area contributed by atoms with Crippen LogP contribution in [0.4, 0.5) is 26.3 Å². The molecule has 0 bridgehead atoms. The predicted molar refractivity (Wildman–Crippen MR) is 72.7 cm³/mol. The van der Waals surface area contributed by atoms with Gasteiger partial charge in [0, 0.05) is 5.56 Å². The van der Waals surface area contributed by atoms with Crippen molar-refractivity contribution in [1.29, 1.82) is 0 Å². The third-order valence-electron chi connectivity index (χ3n) is 2.98. The second-order valence-corrected chi connectivity index (χ2v) is 4.82. The van der Waals surface area contributed by atoms with E-state index < -0.39 is 47.6 Å². The highest BCUT2D eigenvalue weighted by atomic mass is 19.4. The van der Waals surface area contributed by atoms with E-state index >= 15 is 0 Å². The van der Waals surface area contributed by atoms with Crippen LogP contribution in [0.2, 0.25) is 0 Å². The number of benzene rings is 1. The first-order chi connectivity index (χ1) is 11.5. The molecule has 0 radical (unpaired) electrons. The van der Waals surface area contributed by atoms with Crippen LogP contribution in [0, 0.1) is 0 Å². The fourth-order valence-corrected chi connectivity index (χ4v) is 2.08. The van der Waals surface area contributed by atoms with E-state index in [0.29, 0.717) is 0 Å². The molecule has 0 atom stereocenters. The Kier molecular flexibility index (Phi) is 4.91. The number of carboxylic acid groups (broad SMARTS) is 1. The molecule has 2 aromatic rings. The quantitative estimate of drug-likeness (QED) is 0.821. The first kappa shape index (κ1) is 18.6. The van der Waals surface area contributed by atoms with Crippen LogP contribution in [-0.2, 0) is 17.4 Å². The van der Waals surface area contributed by atoms with Crippen LogP contribution in [0.3, 0.4) is 0 Å². The SMILES string of the molecule is O=C(O)Cc1ccc(-c2ccccc2OC(F)(F)F)nc1C(F)(F)F. The average Bonchev–Trinajstić information content (AvgIpc) is 2.45. The van der Waals surface area contributed by atoms with E-state index in [4.69, 9.17) is 5.11 Å². The van der Waals surface area contributed by atoms with Gasteiger partial charge in [0.25, 0.3) is 0 Å². The molecule has 1 heterocycles. The van der Waals surface area contributed by atoms with E-state index in [2.05, 4.69) is 9.72 Å². The van der Waals surface area contributed by atoms with Crippen LogP contribution in [0.25, 0.3) is 11.3 Å². The van der Waals surface area contributed by atoms with Gasteiger partial charge in [-0.3, -0.25) is 4.79 Å². The second-order valence-electron chi connectivity index (χ2n) is 4.82. The number of nitrogens with zero attached hydrogens (tertiary/aromatic N) is 1. The summed E-state index contributed by atoms with van der Waals surface area (Å²) in [4.78, 5) is 14.0. The number of hydrogen-bond donors (Lipinski definition) is 1. The van der Waals surface area contributed by atoms with Gasteiger partial charge in [0.2, 0.25) is 0 Å². The monoisotopic (exact) mass is 365 g/mol. The summed E-state index contributed by atoms with van der Waals surface area (Å²) in [6.07, 6.45) is -10.9. The Morgan fingerprint density at radius 3 is 2.24 bits per heavy atom. The number of ether oxygens (including phenoxy) is 1. The van der Waals surface area contributed by atoms with Crippen molar-refractivity contribution in [3.05, 3.63) is 47.7 Å². The zero-order valence-electron chi connectivity index (χ0n) is 12.1. The molecule has 1 aromatic heterocycles. The molecule has 0 aliphatic rings. The lowest BCUT2D eigenvalue weighted by atomic mass is 10.1. The van der Waals surface area contributed by atoms with Gasteiger partial charge < -0.3 is 9.84 Å². The van der Waals surface area contributed by atoms with Crippen LogP contribution in [-0.4, -0.2) is 22.4 Å².